The summed E-state index contributed by atoms with van der Waals surface area (Å²) in [6.07, 6.45) is -4.50. The van der Waals surface area contributed by atoms with E-state index in [0.717, 1.165) is 16.7 Å². The van der Waals surface area contributed by atoms with Crippen LogP contribution in [0.3, 0.4) is 0 Å². The van der Waals surface area contributed by atoms with E-state index in [2.05, 4.69) is 15.5 Å². The van der Waals surface area contributed by atoms with Crippen molar-refractivity contribution in [3.8, 4) is 11.4 Å². The number of hydrogen-bond acceptors (Lipinski definition) is 6. The molecule has 30 heavy (non-hydrogen) atoms. The molecule has 0 atom stereocenters. The summed E-state index contributed by atoms with van der Waals surface area (Å²) in [5, 5.41) is 11.6. The minimum Gasteiger partial charge on any atom is -0.497 e. The maximum atomic E-state index is 13.0. The normalized spacial score (nSPS) is 11.3. The smallest absolute Gasteiger partial charge is 0.406 e. The Morgan fingerprint density at radius 2 is 1.83 bits per heavy atom. The van der Waals surface area contributed by atoms with Crippen molar-refractivity contribution in [2.45, 2.75) is 17.9 Å². The highest BCUT2D eigenvalue weighted by Crippen LogP contribution is 2.23. The van der Waals surface area contributed by atoms with Gasteiger partial charge >= 0.3 is 6.18 Å². The lowest BCUT2D eigenvalue weighted by Crippen LogP contribution is -2.39. The lowest BCUT2D eigenvalue weighted by Gasteiger charge is -2.24. The molecule has 0 unspecified atom stereocenters. The van der Waals surface area contributed by atoms with E-state index in [4.69, 9.17) is 4.74 Å². The number of aromatic nitrogens is 4. The van der Waals surface area contributed by atoms with Gasteiger partial charge in [0.2, 0.25) is 11.1 Å². The molecule has 0 saturated carbocycles. The molecule has 0 saturated heterocycles. The van der Waals surface area contributed by atoms with Crippen molar-refractivity contribution in [2.75, 3.05) is 19.4 Å². The molecule has 1 heterocycles. The van der Waals surface area contributed by atoms with Crippen molar-refractivity contribution in [1.82, 2.24) is 25.1 Å². The molecule has 1 aromatic heterocycles. The summed E-state index contributed by atoms with van der Waals surface area (Å²) in [5.74, 6) is -0.246. The van der Waals surface area contributed by atoms with Crippen LogP contribution in [-0.2, 0) is 11.3 Å². The molecule has 3 aromatic rings. The molecule has 0 aliphatic carbocycles. The lowest BCUT2D eigenvalue weighted by molar-refractivity contribution is -0.160. The van der Waals surface area contributed by atoms with E-state index in [1.807, 2.05) is 0 Å². The summed E-state index contributed by atoms with van der Waals surface area (Å²) in [5.41, 5.74) is 1.25. The first-order valence-electron chi connectivity index (χ1n) is 8.80. The van der Waals surface area contributed by atoms with Crippen molar-refractivity contribution in [2.24, 2.45) is 0 Å². The van der Waals surface area contributed by atoms with Crippen LogP contribution in [0.5, 0.6) is 5.75 Å². The van der Waals surface area contributed by atoms with Gasteiger partial charge in [0.25, 0.3) is 0 Å². The quantitative estimate of drug-likeness (QED) is 0.504. The fraction of sp³-hybridized carbons (Fsp3) is 0.263. The van der Waals surface area contributed by atoms with E-state index in [9.17, 15) is 18.0 Å². The molecule has 2 aromatic carbocycles. The summed E-state index contributed by atoms with van der Waals surface area (Å²) >= 11 is 0.969. The van der Waals surface area contributed by atoms with Gasteiger partial charge in [-0.05, 0) is 40.3 Å². The molecule has 3 rings (SSSR count). The van der Waals surface area contributed by atoms with E-state index in [1.54, 1.807) is 61.7 Å². The summed E-state index contributed by atoms with van der Waals surface area (Å²) in [6.45, 7) is -1.46. The first-order chi connectivity index (χ1) is 14.4. The monoisotopic (exact) mass is 437 g/mol. The summed E-state index contributed by atoms with van der Waals surface area (Å²) in [6, 6.07) is 15.4. The molecule has 11 heteroatoms. The first-order valence-corrected chi connectivity index (χ1v) is 9.78. The lowest BCUT2D eigenvalue weighted by atomic mass is 10.2. The number of halogens is 3. The molecule has 0 aliphatic heterocycles. The third-order valence-electron chi connectivity index (χ3n) is 4.02. The van der Waals surface area contributed by atoms with Gasteiger partial charge in [-0.15, -0.1) is 5.10 Å². The number of tetrazole rings is 1. The van der Waals surface area contributed by atoms with Crippen LogP contribution in [0.4, 0.5) is 13.2 Å². The third-order valence-corrected chi connectivity index (χ3v) is 4.93. The molecule has 0 bridgehead atoms. The minimum absolute atomic E-state index is 0.136. The maximum Gasteiger partial charge on any atom is 0.406 e. The van der Waals surface area contributed by atoms with E-state index in [0.29, 0.717) is 22.2 Å². The third kappa shape index (κ3) is 5.96. The van der Waals surface area contributed by atoms with Crippen LogP contribution in [0.25, 0.3) is 5.69 Å². The number of hydrogen-bond donors (Lipinski definition) is 0. The summed E-state index contributed by atoms with van der Waals surface area (Å²) in [4.78, 5) is 13.3. The van der Waals surface area contributed by atoms with Crippen LogP contribution in [0.1, 0.15) is 5.56 Å². The van der Waals surface area contributed by atoms with E-state index < -0.39 is 18.6 Å². The second-order valence-electron chi connectivity index (χ2n) is 6.21. The zero-order valence-corrected chi connectivity index (χ0v) is 16.7. The van der Waals surface area contributed by atoms with Crippen LogP contribution in [0, 0.1) is 0 Å². The van der Waals surface area contributed by atoms with Crippen molar-refractivity contribution >= 4 is 17.7 Å². The predicted octanol–water partition coefficient (Wildman–Crippen LogP) is 3.35. The Kier molecular flexibility index (Phi) is 6.93. The number of amides is 1. The molecule has 7 nitrogen and oxygen atoms in total. The molecule has 0 radical (unpaired) electrons. The van der Waals surface area contributed by atoms with Crippen LogP contribution in [0.2, 0.25) is 0 Å². The number of carbonyl (C=O) groups excluding carboxylic acids is 1. The molecule has 1 amide bonds. The number of thioether (sulfide) groups is 1. The standard InChI is InChI=1S/C19H18F3N5O2S/c1-29-16-9-7-15(8-10-16)27-18(23-24-25-27)30-12-17(28)26(13-19(20,21)22)11-14-5-3-2-4-6-14/h2-10H,11-13H2,1H3. The van der Waals surface area contributed by atoms with Crippen molar-refractivity contribution < 1.29 is 22.7 Å². The Morgan fingerprint density at radius 1 is 1.13 bits per heavy atom. The number of rotatable bonds is 8. The molecule has 0 fully saturated rings. The van der Waals surface area contributed by atoms with Crippen molar-refractivity contribution in [3.05, 3.63) is 60.2 Å². The Balaban J connectivity index is 1.70. The van der Waals surface area contributed by atoms with Crippen LogP contribution < -0.4 is 4.74 Å². The van der Waals surface area contributed by atoms with E-state index in [1.165, 1.54) is 4.68 Å². The zero-order valence-electron chi connectivity index (χ0n) is 15.9. The SMILES string of the molecule is COc1ccc(-n2nnnc2SCC(=O)N(Cc2ccccc2)CC(F)(F)F)cc1. The fourth-order valence-electron chi connectivity index (χ4n) is 2.62. The van der Waals surface area contributed by atoms with Crippen LogP contribution in [0.15, 0.2) is 59.8 Å². The van der Waals surface area contributed by atoms with Gasteiger partial charge in [-0.25, -0.2) is 0 Å². The zero-order chi connectivity index (χ0) is 21.6. The molecule has 158 valence electrons. The van der Waals surface area contributed by atoms with Crippen molar-refractivity contribution in [1.29, 1.82) is 0 Å². The van der Waals surface area contributed by atoms with Crippen LogP contribution >= 0.6 is 11.8 Å². The number of benzene rings is 2. The highest BCUT2D eigenvalue weighted by molar-refractivity contribution is 7.99. The van der Waals surface area contributed by atoms with Gasteiger partial charge in [0.15, 0.2) is 0 Å². The first kappa shape index (κ1) is 21.6. The summed E-state index contributed by atoms with van der Waals surface area (Å²) < 4.78 is 45.5. The largest absolute Gasteiger partial charge is 0.497 e. The number of ether oxygens (including phenoxy) is 1. The van der Waals surface area contributed by atoms with Gasteiger partial charge in [0, 0.05) is 6.54 Å². The number of carbonyl (C=O) groups is 1. The highest BCUT2D eigenvalue weighted by Gasteiger charge is 2.33. The molecule has 0 N–H and O–H groups in total. The number of methoxy groups -OCH3 is 1. The fourth-order valence-corrected chi connectivity index (χ4v) is 3.42. The Bertz CT molecular complexity index is 964. The molecular formula is C19H18F3N5O2S. The molecular weight excluding hydrogens is 419 g/mol. The van der Waals surface area contributed by atoms with E-state index >= 15 is 0 Å². The average Bonchev–Trinajstić information content (AvgIpc) is 3.20. The topological polar surface area (TPSA) is 73.1 Å². The second kappa shape index (κ2) is 9.61. The van der Waals surface area contributed by atoms with Gasteiger partial charge in [-0.3, -0.25) is 4.79 Å². The molecule has 0 aliphatic rings. The van der Waals surface area contributed by atoms with Gasteiger partial charge in [-0.2, -0.15) is 17.9 Å². The Labute approximate surface area is 174 Å². The number of nitrogens with zero attached hydrogens (tertiary/aromatic N) is 5. The molecule has 0 spiro atoms. The summed E-state index contributed by atoms with van der Waals surface area (Å²) in [7, 11) is 1.54. The minimum atomic E-state index is -4.50. The Hall–Kier alpha value is -3.08. The van der Waals surface area contributed by atoms with Crippen molar-refractivity contribution in [3.63, 3.8) is 0 Å². The average molecular weight is 437 g/mol. The van der Waals surface area contributed by atoms with Gasteiger partial charge < -0.3 is 9.64 Å². The second-order valence-corrected chi connectivity index (χ2v) is 7.15. The maximum absolute atomic E-state index is 13.0. The Morgan fingerprint density at radius 3 is 2.47 bits per heavy atom. The van der Waals surface area contributed by atoms with Gasteiger partial charge in [-0.1, -0.05) is 42.1 Å². The van der Waals surface area contributed by atoms with Crippen LogP contribution in [-0.4, -0.2) is 56.6 Å². The van der Waals surface area contributed by atoms with Gasteiger partial charge in [0.1, 0.15) is 12.3 Å². The van der Waals surface area contributed by atoms with E-state index in [-0.39, 0.29) is 12.3 Å². The highest BCUT2D eigenvalue weighted by atomic mass is 32.2. The predicted molar refractivity (Wildman–Crippen MR) is 104 cm³/mol. The van der Waals surface area contributed by atoms with Gasteiger partial charge in [0.05, 0.1) is 18.6 Å². The number of alkyl halides is 3.